The molecule has 0 saturated carbocycles. The van der Waals surface area contributed by atoms with E-state index in [1.165, 1.54) is 40.0 Å². The molecule has 0 radical (unpaired) electrons. The maximum Gasteiger partial charge on any atom is 0.307 e. The second-order valence-corrected chi connectivity index (χ2v) is 17.1. The van der Waals surface area contributed by atoms with E-state index in [0.29, 0.717) is 30.3 Å². The maximum absolute atomic E-state index is 13.0. The topological polar surface area (TPSA) is 152 Å². The average molecular weight is 747 g/mol. The van der Waals surface area contributed by atoms with Crippen molar-refractivity contribution >= 4 is 55.7 Å². The van der Waals surface area contributed by atoms with E-state index in [1.807, 2.05) is 68.6 Å². The molecule has 3 amide bonds. The van der Waals surface area contributed by atoms with E-state index in [9.17, 15) is 23.4 Å². The molecule has 3 N–H and O–H groups in total. The van der Waals surface area contributed by atoms with Gasteiger partial charge >= 0.3 is 5.97 Å². The smallest absolute Gasteiger partial charge is 0.307 e. The molecular formula is C38H46N6O6S2. The number of carbonyl (C=O) groups is 4. The van der Waals surface area contributed by atoms with Crippen molar-refractivity contribution in [3.63, 3.8) is 0 Å². The Morgan fingerprint density at radius 1 is 1.00 bits per heavy atom. The second kappa shape index (κ2) is 16.7. The Labute approximate surface area is 309 Å². The van der Waals surface area contributed by atoms with E-state index in [2.05, 4.69) is 37.8 Å². The number of thiazole rings is 1. The number of likely N-dealkylation sites (tertiary alicyclic amines) is 1. The van der Waals surface area contributed by atoms with Gasteiger partial charge in [0, 0.05) is 58.3 Å². The van der Waals surface area contributed by atoms with Crippen LogP contribution in [0, 0.1) is 5.92 Å². The number of nitrogens with one attached hydrogen (secondary N) is 3. The number of hydrogen-bond acceptors (Lipinski definition) is 9. The highest BCUT2D eigenvalue weighted by Crippen LogP contribution is 2.29. The number of hydrogen-bond donors (Lipinski definition) is 3. The SMILES string of the molecule is C=S(C)(=O)n1ccc(C(=O)NCC(=O)Nc2nc(-c3cccc(-c4cccc(CNC(=O)C5CCN(CCC(=O)OC(C)(C)C)CC5)c4)c3)cs2)c1. The minimum Gasteiger partial charge on any atom is -0.460 e. The second-order valence-electron chi connectivity index (χ2n) is 13.9. The third-order valence-electron chi connectivity index (χ3n) is 8.43. The Balaban J connectivity index is 1.09. The van der Waals surface area contributed by atoms with Crippen LogP contribution in [0.3, 0.4) is 0 Å². The molecular weight excluding hydrogens is 701 g/mol. The zero-order chi connectivity index (χ0) is 37.5. The minimum atomic E-state index is -2.52. The normalized spacial score (nSPS) is 15.0. The van der Waals surface area contributed by atoms with Crippen molar-refractivity contribution in [2.24, 2.45) is 5.92 Å². The summed E-state index contributed by atoms with van der Waals surface area (Å²) in [5.74, 6) is 2.49. The molecule has 0 aliphatic carbocycles. The van der Waals surface area contributed by atoms with Gasteiger partial charge in [0.1, 0.15) is 5.60 Å². The summed E-state index contributed by atoms with van der Waals surface area (Å²) in [4.78, 5) is 56.9. The number of aromatic nitrogens is 2. The number of nitrogens with zero attached hydrogens (tertiary/aromatic N) is 3. The zero-order valence-corrected chi connectivity index (χ0v) is 31.6. The molecule has 3 heterocycles. The van der Waals surface area contributed by atoms with Crippen LogP contribution in [0.25, 0.3) is 22.4 Å². The molecule has 52 heavy (non-hydrogen) atoms. The fraction of sp³-hybridized carbons (Fsp3) is 0.368. The summed E-state index contributed by atoms with van der Waals surface area (Å²) in [6.07, 6.45) is 6.27. The summed E-state index contributed by atoms with van der Waals surface area (Å²) in [6.45, 7) is 7.94. The molecule has 1 saturated heterocycles. The van der Waals surface area contributed by atoms with Crippen molar-refractivity contribution in [1.29, 1.82) is 0 Å². The number of amides is 3. The zero-order valence-electron chi connectivity index (χ0n) is 30.0. The lowest BCUT2D eigenvalue weighted by Gasteiger charge is -2.31. The first-order chi connectivity index (χ1) is 24.6. The highest BCUT2D eigenvalue weighted by Gasteiger charge is 2.26. The lowest BCUT2D eigenvalue weighted by atomic mass is 9.95. The third kappa shape index (κ3) is 11.1. The van der Waals surface area contributed by atoms with E-state index in [1.54, 1.807) is 0 Å². The Kier molecular flexibility index (Phi) is 12.3. The van der Waals surface area contributed by atoms with Crippen molar-refractivity contribution in [3.8, 4) is 22.4 Å². The summed E-state index contributed by atoms with van der Waals surface area (Å²) < 4.78 is 18.9. The molecule has 1 atom stereocenters. The van der Waals surface area contributed by atoms with E-state index in [0.717, 1.165) is 48.2 Å². The van der Waals surface area contributed by atoms with Gasteiger partial charge in [-0.15, -0.1) is 11.3 Å². The van der Waals surface area contributed by atoms with E-state index in [4.69, 9.17) is 4.74 Å². The first-order valence-corrected chi connectivity index (χ1v) is 20.1. The molecule has 1 aliphatic heterocycles. The van der Waals surface area contributed by atoms with Gasteiger partial charge < -0.3 is 25.6 Å². The molecule has 1 fully saturated rings. The van der Waals surface area contributed by atoms with Gasteiger partial charge in [-0.25, -0.2) is 9.19 Å². The van der Waals surface area contributed by atoms with Gasteiger partial charge in [0.25, 0.3) is 5.91 Å². The Bertz CT molecular complexity index is 2020. The summed E-state index contributed by atoms with van der Waals surface area (Å²) >= 11 is 1.28. The van der Waals surface area contributed by atoms with Gasteiger partial charge in [-0.05, 0) is 87.5 Å². The van der Waals surface area contributed by atoms with E-state index >= 15 is 0 Å². The van der Waals surface area contributed by atoms with Crippen molar-refractivity contribution in [2.45, 2.75) is 52.2 Å². The number of rotatable bonds is 13. The standard InChI is InChI=1S/C38H46N6O6S2/c1-38(2,3)50-34(46)15-18-43-16-12-27(13-17-43)35(47)39-22-26-8-6-9-28(20-26)29-10-7-11-30(21-29)32-25-51-37(41-32)42-33(45)23-40-36(48)31-14-19-44(24-31)52(4,5)49/h6-11,14,19-21,24-25,27H,4,12-13,15-18,22-23H2,1-3,5H3,(H,39,47)(H,40,48)(H,41,42,45). The van der Waals surface area contributed by atoms with Crippen LogP contribution < -0.4 is 16.0 Å². The van der Waals surface area contributed by atoms with Gasteiger partial charge in [0.05, 0.1) is 24.2 Å². The third-order valence-corrected chi connectivity index (χ3v) is 10.3. The van der Waals surface area contributed by atoms with E-state index in [-0.39, 0.29) is 29.9 Å². The predicted molar refractivity (Wildman–Crippen MR) is 206 cm³/mol. The lowest BCUT2D eigenvalue weighted by molar-refractivity contribution is -0.155. The highest BCUT2D eigenvalue weighted by molar-refractivity contribution is 7.98. The monoisotopic (exact) mass is 746 g/mol. The average Bonchev–Trinajstić information content (AvgIpc) is 3.80. The van der Waals surface area contributed by atoms with Crippen LogP contribution in [0.2, 0.25) is 0 Å². The predicted octanol–water partition coefficient (Wildman–Crippen LogP) is 4.82. The van der Waals surface area contributed by atoms with Crippen molar-refractivity contribution in [3.05, 3.63) is 83.5 Å². The largest absolute Gasteiger partial charge is 0.460 e. The number of benzene rings is 2. The first-order valence-electron chi connectivity index (χ1n) is 17.1. The van der Waals surface area contributed by atoms with Crippen molar-refractivity contribution < 1.29 is 28.1 Å². The number of esters is 1. The van der Waals surface area contributed by atoms with Crippen LogP contribution in [0.15, 0.2) is 72.4 Å². The molecule has 2 aromatic carbocycles. The molecule has 0 spiro atoms. The van der Waals surface area contributed by atoms with Gasteiger partial charge in [-0.2, -0.15) is 0 Å². The maximum atomic E-state index is 13.0. The fourth-order valence-electron chi connectivity index (χ4n) is 5.75. The first kappa shape index (κ1) is 38.4. The molecule has 2 aromatic heterocycles. The van der Waals surface area contributed by atoms with Crippen LogP contribution in [-0.4, -0.2) is 85.7 Å². The number of piperidine rings is 1. The molecule has 5 rings (SSSR count). The van der Waals surface area contributed by atoms with Crippen LogP contribution >= 0.6 is 11.3 Å². The molecule has 4 aromatic rings. The summed E-state index contributed by atoms with van der Waals surface area (Å²) in [5, 5.41) is 10.7. The van der Waals surface area contributed by atoms with Gasteiger partial charge in [-0.1, -0.05) is 36.4 Å². The summed E-state index contributed by atoms with van der Waals surface area (Å²) in [5.41, 5.74) is 4.33. The van der Waals surface area contributed by atoms with Crippen LogP contribution in [0.5, 0.6) is 0 Å². The van der Waals surface area contributed by atoms with Gasteiger partial charge in [-0.3, -0.25) is 23.2 Å². The van der Waals surface area contributed by atoms with Gasteiger partial charge in [0.2, 0.25) is 11.8 Å². The molecule has 0 bridgehead atoms. The number of anilines is 1. The molecule has 12 nitrogen and oxygen atoms in total. The van der Waals surface area contributed by atoms with Crippen LogP contribution in [0.4, 0.5) is 5.13 Å². The molecule has 1 unspecified atom stereocenters. The van der Waals surface area contributed by atoms with Crippen molar-refractivity contribution in [2.75, 3.05) is 37.8 Å². The summed E-state index contributed by atoms with van der Waals surface area (Å²) in [7, 11) is -2.52. The van der Waals surface area contributed by atoms with Crippen molar-refractivity contribution in [1.82, 2.24) is 24.5 Å². The van der Waals surface area contributed by atoms with Crippen LogP contribution in [-0.2, 0) is 35.4 Å². The lowest BCUT2D eigenvalue weighted by Crippen LogP contribution is -2.41. The quantitative estimate of drug-likeness (QED) is 0.130. The molecule has 1 aliphatic rings. The Morgan fingerprint density at radius 2 is 1.69 bits per heavy atom. The van der Waals surface area contributed by atoms with E-state index < -0.39 is 27.1 Å². The molecule has 276 valence electrons. The number of carbonyl (C=O) groups excluding carboxylic acids is 4. The molecule has 14 heteroatoms. The highest BCUT2D eigenvalue weighted by atomic mass is 32.2. The van der Waals surface area contributed by atoms with Crippen LogP contribution in [0.1, 0.15) is 56.0 Å². The Morgan fingerprint density at radius 3 is 2.38 bits per heavy atom. The minimum absolute atomic E-state index is 0.0474. The fourth-order valence-corrected chi connectivity index (χ4v) is 7.15. The Hall–Kier alpha value is -4.79. The van der Waals surface area contributed by atoms with Gasteiger partial charge in [0.15, 0.2) is 5.13 Å². The summed E-state index contributed by atoms with van der Waals surface area (Å²) in [6, 6.07) is 17.5. The number of ether oxygens (including phenoxy) is 1.